The van der Waals surface area contributed by atoms with Crippen LogP contribution < -0.4 is 10.6 Å². The maximum atomic E-state index is 12.3. The number of ether oxygens (including phenoxy) is 1. The van der Waals surface area contributed by atoms with Gasteiger partial charge in [0.25, 0.3) is 5.91 Å². The molecule has 8 heteroatoms. The molecule has 1 amide bonds. The summed E-state index contributed by atoms with van der Waals surface area (Å²) < 4.78 is 5.33. The van der Waals surface area contributed by atoms with E-state index in [1.807, 2.05) is 0 Å². The molecule has 1 aliphatic heterocycles. The number of hydrogen-bond acceptors (Lipinski definition) is 5. The molecule has 0 aliphatic carbocycles. The van der Waals surface area contributed by atoms with Gasteiger partial charge in [-0.1, -0.05) is 23.2 Å². The largest absolute Gasteiger partial charge is 0.379 e. The number of nitrogens with one attached hydrogen (secondary N) is 2. The molecule has 2 N–H and O–H groups in total. The highest BCUT2D eigenvalue weighted by Crippen LogP contribution is 2.25. The van der Waals surface area contributed by atoms with E-state index >= 15 is 0 Å². The van der Waals surface area contributed by atoms with Gasteiger partial charge in [0, 0.05) is 38.1 Å². The number of amides is 1. The van der Waals surface area contributed by atoms with Crippen LogP contribution in [-0.4, -0.2) is 55.2 Å². The molecular formula is C18H20Cl2N4O2. The molecule has 0 saturated carbocycles. The Kier molecular flexibility index (Phi) is 6.68. The summed E-state index contributed by atoms with van der Waals surface area (Å²) in [5, 5.41) is 6.87. The monoisotopic (exact) mass is 394 g/mol. The van der Waals surface area contributed by atoms with Crippen molar-refractivity contribution in [2.24, 2.45) is 0 Å². The van der Waals surface area contributed by atoms with Crippen LogP contribution in [0.5, 0.6) is 0 Å². The molecule has 6 nitrogen and oxygen atoms in total. The van der Waals surface area contributed by atoms with Gasteiger partial charge in [0.2, 0.25) is 0 Å². The molecule has 1 saturated heterocycles. The Balaban J connectivity index is 1.49. The minimum Gasteiger partial charge on any atom is -0.379 e. The van der Waals surface area contributed by atoms with Gasteiger partial charge in [0.1, 0.15) is 5.82 Å². The summed E-state index contributed by atoms with van der Waals surface area (Å²) in [6.45, 7) is 5.24. The number of carbonyl (C=O) groups is 1. The predicted octanol–water partition coefficient (Wildman–Crippen LogP) is 3.38. The summed E-state index contributed by atoms with van der Waals surface area (Å²) in [7, 11) is 0. The summed E-state index contributed by atoms with van der Waals surface area (Å²) >= 11 is 11.8. The van der Waals surface area contributed by atoms with Crippen LogP contribution in [0.2, 0.25) is 10.0 Å². The summed E-state index contributed by atoms with van der Waals surface area (Å²) in [4.78, 5) is 18.9. The minimum atomic E-state index is -0.254. The molecule has 0 spiro atoms. The molecule has 1 aliphatic rings. The zero-order chi connectivity index (χ0) is 18.4. The first-order valence-electron chi connectivity index (χ1n) is 8.38. The molecule has 0 bridgehead atoms. The summed E-state index contributed by atoms with van der Waals surface area (Å²) in [5.41, 5.74) is 1.05. The van der Waals surface area contributed by atoms with Gasteiger partial charge in [0.05, 0.1) is 28.8 Å². The average molecular weight is 395 g/mol. The Bertz CT molecular complexity index is 749. The van der Waals surface area contributed by atoms with Crippen molar-refractivity contribution in [1.82, 2.24) is 9.88 Å². The van der Waals surface area contributed by atoms with Crippen molar-refractivity contribution >= 4 is 40.6 Å². The fraction of sp³-hybridized carbons (Fsp3) is 0.333. The number of rotatable bonds is 6. The van der Waals surface area contributed by atoms with Gasteiger partial charge in [-0.25, -0.2) is 4.98 Å². The van der Waals surface area contributed by atoms with E-state index in [0.717, 1.165) is 45.2 Å². The van der Waals surface area contributed by atoms with Crippen molar-refractivity contribution in [2.75, 3.05) is 50.0 Å². The molecule has 0 unspecified atom stereocenters. The van der Waals surface area contributed by atoms with Gasteiger partial charge in [-0.3, -0.25) is 9.69 Å². The second-order valence-electron chi connectivity index (χ2n) is 5.90. The molecule has 2 aromatic rings. The van der Waals surface area contributed by atoms with E-state index in [1.54, 1.807) is 36.5 Å². The van der Waals surface area contributed by atoms with E-state index in [-0.39, 0.29) is 5.91 Å². The summed E-state index contributed by atoms with van der Waals surface area (Å²) in [6.07, 6.45) is 1.55. The van der Waals surface area contributed by atoms with E-state index in [9.17, 15) is 4.79 Å². The van der Waals surface area contributed by atoms with Crippen LogP contribution in [0, 0.1) is 0 Å². The Labute approximate surface area is 162 Å². The minimum absolute atomic E-state index is 0.254. The van der Waals surface area contributed by atoms with Crippen LogP contribution >= 0.6 is 23.2 Å². The first-order valence-corrected chi connectivity index (χ1v) is 9.14. The molecule has 1 aromatic carbocycles. The molecule has 1 fully saturated rings. The number of morpholine rings is 1. The molecule has 26 heavy (non-hydrogen) atoms. The number of aromatic nitrogens is 1. The van der Waals surface area contributed by atoms with E-state index in [0.29, 0.717) is 21.3 Å². The fourth-order valence-electron chi connectivity index (χ4n) is 2.58. The lowest BCUT2D eigenvalue weighted by atomic mass is 10.2. The first kappa shape index (κ1) is 18.9. The normalized spacial score (nSPS) is 14.8. The molecule has 138 valence electrons. The molecule has 0 radical (unpaired) electrons. The maximum absolute atomic E-state index is 12.3. The third kappa shape index (κ3) is 5.32. The topological polar surface area (TPSA) is 66.5 Å². The smallest absolute Gasteiger partial charge is 0.257 e. The maximum Gasteiger partial charge on any atom is 0.257 e. The zero-order valence-corrected chi connectivity index (χ0v) is 15.7. The number of hydrogen-bond donors (Lipinski definition) is 2. The number of benzene rings is 1. The van der Waals surface area contributed by atoms with Gasteiger partial charge in [-0.2, -0.15) is 0 Å². The lowest BCUT2D eigenvalue weighted by Gasteiger charge is -2.26. The van der Waals surface area contributed by atoms with Crippen molar-refractivity contribution in [3.05, 3.63) is 52.1 Å². The lowest BCUT2D eigenvalue weighted by molar-refractivity contribution is 0.0398. The van der Waals surface area contributed by atoms with Crippen molar-refractivity contribution in [3.8, 4) is 0 Å². The standard InChI is InChI=1S/C18H20Cl2N4O2/c19-15-3-2-14(11-16(15)20)23-18(25)13-1-4-17(22-12-13)21-5-6-24-7-9-26-10-8-24/h1-4,11-12H,5-10H2,(H,21,22)(H,23,25). The van der Waals surface area contributed by atoms with Gasteiger partial charge in [-0.05, 0) is 30.3 Å². The van der Waals surface area contributed by atoms with Crippen molar-refractivity contribution < 1.29 is 9.53 Å². The molecule has 1 aromatic heterocycles. The van der Waals surface area contributed by atoms with Crippen LogP contribution in [0.1, 0.15) is 10.4 Å². The third-order valence-corrected chi connectivity index (χ3v) is 4.78. The Morgan fingerprint density at radius 3 is 2.65 bits per heavy atom. The number of nitrogens with zero attached hydrogens (tertiary/aromatic N) is 2. The van der Waals surface area contributed by atoms with Crippen LogP contribution in [0.3, 0.4) is 0 Å². The fourth-order valence-corrected chi connectivity index (χ4v) is 2.87. The Morgan fingerprint density at radius 1 is 1.15 bits per heavy atom. The third-order valence-electron chi connectivity index (χ3n) is 4.04. The second-order valence-corrected chi connectivity index (χ2v) is 6.71. The predicted molar refractivity (Wildman–Crippen MR) is 104 cm³/mol. The Morgan fingerprint density at radius 2 is 1.96 bits per heavy atom. The highest BCUT2D eigenvalue weighted by atomic mass is 35.5. The van der Waals surface area contributed by atoms with Gasteiger partial charge < -0.3 is 15.4 Å². The zero-order valence-electron chi connectivity index (χ0n) is 14.2. The number of pyridine rings is 1. The van der Waals surface area contributed by atoms with E-state index in [2.05, 4.69) is 20.5 Å². The molecule has 2 heterocycles. The number of anilines is 2. The SMILES string of the molecule is O=C(Nc1ccc(Cl)c(Cl)c1)c1ccc(NCCN2CCOCC2)nc1. The first-order chi connectivity index (χ1) is 12.6. The van der Waals surface area contributed by atoms with Crippen molar-refractivity contribution in [1.29, 1.82) is 0 Å². The van der Waals surface area contributed by atoms with Gasteiger partial charge in [0.15, 0.2) is 0 Å². The van der Waals surface area contributed by atoms with Crippen molar-refractivity contribution in [3.63, 3.8) is 0 Å². The molecular weight excluding hydrogens is 375 g/mol. The van der Waals surface area contributed by atoms with E-state index in [1.165, 1.54) is 0 Å². The number of halogens is 2. The van der Waals surface area contributed by atoms with Gasteiger partial charge >= 0.3 is 0 Å². The quantitative estimate of drug-likeness (QED) is 0.785. The average Bonchev–Trinajstić information content (AvgIpc) is 2.66. The number of carbonyl (C=O) groups excluding carboxylic acids is 1. The Hall–Kier alpha value is -1.86. The lowest BCUT2D eigenvalue weighted by Crippen LogP contribution is -2.39. The highest BCUT2D eigenvalue weighted by molar-refractivity contribution is 6.42. The second kappa shape index (κ2) is 9.19. The van der Waals surface area contributed by atoms with E-state index < -0.39 is 0 Å². The van der Waals surface area contributed by atoms with Crippen LogP contribution in [-0.2, 0) is 4.74 Å². The van der Waals surface area contributed by atoms with Crippen LogP contribution in [0.15, 0.2) is 36.5 Å². The molecule has 0 atom stereocenters. The van der Waals surface area contributed by atoms with Gasteiger partial charge in [-0.15, -0.1) is 0 Å². The summed E-state index contributed by atoms with van der Waals surface area (Å²) in [6, 6.07) is 8.47. The van der Waals surface area contributed by atoms with Crippen molar-refractivity contribution in [2.45, 2.75) is 0 Å². The van der Waals surface area contributed by atoms with E-state index in [4.69, 9.17) is 27.9 Å². The molecule has 3 rings (SSSR count). The summed E-state index contributed by atoms with van der Waals surface area (Å²) in [5.74, 6) is 0.486. The highest BCUT2D eigenvalue weighted by Gasteiger charge is 2.10. The van der Waals surface area contributed by atoms with Crippen LogP contribution in [0.25, 0.3) is 0 Å². The van der Waals surface area contributed by atoms with Crippen LogP contribution in [0.4, 0.5) is 11.5 Å².